The number of aliphatic hydroxyl groups excluding tert-OH is 1. The van der Waals surface area contributed by atoms with Crippen molar-refractivity contribution in [2.24, 2.45) is 0 Å². The van der Waals surface area contributed by atoms with E-state index in [0.29, 0.717) is 0 Å². The van der Waals surface area contributed by atoms with Gasteiger partial charge in [-0.3, -0.25) is 0 Å². The van der Waals surface area contributed by atoms with Crippen LogP contribution in [-0.2, 0) is 4.74 Å². The average molecular weight is 288 g/mol. The third kappa shape index (κ3) is 1.57. The van der Waals surface area contributed by atoms with Gasteiger partial charge in [0.05, 0.1) is 12.2 Å². The molecule has 0 aliphatic carbocycles. The lowest BCUT2D eigenvalue weighted by Gasteiger charge is -2.26. The van der Waals surface area contributed by atoms with E-state index in [-0.39, 0.29) is 18.1 Å². The molecule has 22 heavy (non-hydrogen) atoms. The van der Waals surface area contributed by atoms with Crippen LogP contribution < -0.4 is 0 Å². The first-order chi connectivity index (χ1) is 10.8. The van der Waals surface area contributed by atoms with Crippen LogP contribution in [0.5, 0.6) is 0 Å². The Morgan fingerprint density at radius 2 is 1.41 bits per heavy atom. The Hall–Kier alpha value is -2.16. The first-order valence-corrected chi connectivity index (χ1v) is 7.74. The summed E-state index contributed by atoms with van der Waals surface area (Å²) in [5, 5.41) is 13.2. The summed E-state index contributed by atoms with van der Waals surface area (Å²) in [5.41, 5.74) is 3.54. The molecule has 2 nitrogen and oxygen atoms in total. The van der Waals surface area contributed by atoms with Gasteiger partial charge in [0.1, 0.15) is 6.10 Å². The van der Waals surface area contributed by atoms with Crippen LogP contribution in [0.4, 0.5) is 0 Å². The Bertz CT molecular complexity index is 870. The van der Waals surface area contributed by atoms with E-state index in [2.05, 4.69) is 48.5 Å². The predicted molar refractivity (Wildman–Crippen MR) is 85.7 cm³/mol. The average Bonchev–Trinajstić information content (AvgIpc) is 3.10. The molecule has 0 saturated carbocycles. The summed E-state index contributed by atoms with van der Waals surface area (Å²) in [6.07, 6.45) is -0.684. The smallest absolute Gasteiger partial charge is 0.110 e. The molecular formula is C20H16O2. The molecule has 1 N–H and O–H groups in total. The zero-order valence-electron chi connectivity index (χ0n) is 12.0. The second kappa shape index (κ2) is 4.42. The van der Waals surface area contributed by atoms with Gasteiger partial charge in [-0.05, 0) is 27.5 Å². The minimum absolute atomic E-state index is 0.0181. The van der Waals surface area contributed by atoms with Gasteiger partial charge in [-0.25, -0.2) is 0 Å². The van der Waals surface area contributed by atoms with E-state index in [0.717, 1.165) is 11.1 Å². The van der Waals surface area contributed by atoms with Gasteiger partial charge >= 0.3 is 0 Å². The fourth-order valence-electron chi connectivity index (χ4n) is 4.03. The van der Waals surface area contributed by atoms with Gasteiger partial charge in [-0.15, -0.1) is 0 Å². The molecule has 1 fully saturated rings. The van der Waals surface area contributed by atoms with E-state index in [1.54, 1.807) is 0 Å². The predicted octanol–water partition coefficient (Wildman–Crippen LogP) is 4.11. The topological polar surface area (TPSA) is 29.5 Å². The van der Waals surface area contributed by atoms with Gasteiger partial charge in [-0.1, -0.05) is 66.7 Å². The SMILES string of the molecule is O[C@@H]1[C@H](c2ccc3ccccc3c2)[C@@H]2O[C@H]1c1ccccc12. The number of hydrogen-bond donors (Lipinski definition) is 1. The standard InChI is InChI=1S/C20H16O2/c21-18-17(14-10-9-12-5-1-2-6-13(12)11-14)19-15-7-3-4-8-16(15)20(18)22-19/h1-11,17-21H/t17-,18+,19+,20-/m0/s1. The first kappa shape index (κ1) is 12.4. The highest BCUT2D eigenvalue weighted by Crippen LogP contribution is 2.57. The zero-order chi connectivity index (χ0) is 14.7. The third-order valence-corrected chi connectivity index (χ3v) is 5.06. The molecule has 0 aromatic heterocycles. The Balaban J connectivity index is 1.63. The maximum atomic E-state index is 10.7. The molecule has 3 aromatic carbocycles. The summed E-state index contributed by atoms with van der Waals surface area (Å²) < 4.78 is 6.08. The third-order valence-electron chi connectivity index (χ3n) is 5.06. The number of aliphatic hydroxyl groups is 1. The molecule has 2 bridgehead atoms. The number of hydrogen-bond acceptors (Lipinski definition) is 2. The van der Waals surface area contributed by atoms with Crippen molar-refractivity contribution in [3.63, 3.8) is 0 Å². The lowest BCUT2D eigenvalue weighted by atomic mass is 9.78. The number of fused-ring (bicyclic) bond motifs is 6. The number of benzene rings is 3. The Morgan fingerprint density at radius 1 is 0.727 bits per heavy atom. The highest BCUT2D eigenvalue weighted by atomic mass is 16.5. The molecule has 2 heteroatoms. The van der Waals surface area contributed by atoms with Crippen LogP contribution in [0.25, 0.3) is 10.8 Å². The van der Waals surface area contributed by atoms with Crippen molar-refractivity contribution in [2.75, 3.05) is 0 Å². The molecule has 5 rings (SSSR count). The Kier molecular flexibility index (Phi) is 2.49. The summed E-state index contributed by atoms with van der Waals surface area (Å²) in [4.78, 5) is 0. The molecular weight excluding hydrogens is 272 g/mol. The first-order valence-electron chi connectivity index (χ1n) is 7.74. The molecule has 0 unspecified atom stereocenters. The van der Waals surface area contributed by atoms with Gasteiger partial charge in [-0.2, -0.15) is 0 Å². The lowest BCUT2D eigenvalue weighted by Crippen LogP contribution is -2.24. The highest BCUT2D eigenvalue weighted by Gasteiger charge is 2.52. The minimum Gasteiger partial charge on any atom is -0.389 e. The Labute approximate surface area is 129 Å². The van der Waals surface area contributed by atoms with E-state index in [1.165, 1.54) is 16.3 Å². The van der Waals surface area contributed by atoms with Crippen LogP contribution in [0, 0.1) is 0 Å². The number of rotatable bonds is 1. The summed E-state index contributed by atoms with van der Waals surface area (Å²) in [7, 11) is 0. The summed E-state index contributed by atoms with van der Waals surface area (Å²) in [6, 6.07) is 23.0. The van der Waals surface area contributed by atoms with Crippen molar-refractivity contribution in [1.82, 2.24) is 0 Å². The zero-order valence-corrected chi connectivity index (χ0v) is 12.0. The van der Waals surface area contributed by atoms with E-state index in [9.17, 15) is 5.11 Å². The molecule has 0 spiro atoms. The van der Waals surface area contributed by atoms with Crippen LogP contribution in [0.15, 0.2) is 66.7 Å². The second-order valence-corrected chi connectivity index (χ2v) is 6.23. The fraction of sp³-hybridized carbons (Fsp3) is 0.200. The maximum absolute atomic E-state index is 10.7. The fourth-order valence-corrected chi connectivity index (χ4v) is 4.03. The molecule has 108 valence electrons. The van der Waals surface area contributed by atoms with Crippen LogP contribution in [0.3, 0.4) is 0 Å². The lowest BCUT2D eigenvalue weighted by molar-refractivity contribution is 0.0299. The van der Waals surface area contributed by atoms with Crippen molar-refractivity contribution in [3.8, 4) is 0 Å². The number of ether oxygens (including phenoxy) is 1. The van der Waals surface area contributed by atoms with Gasteiger partial charge in [0, 0.05) is 5.92 Å². The van der Waals surface area contributed by atoms with Crippen LogP contribution in [0.1, 0.15) is 34.8 Å². The largest absolute Gasteiger partial charge is 0.389 e. The minimum atomic E-state index is -0.471. The second-order valence-electron chi connectivity index (χ2n) is 6.23. The molecule has 3 aromatic rings. The molecule has 2 aliphatic rings. The van der Waals surface area contributed by atoms with Gasteiger partial charge in [0.25, 0.3) is 0 Å². The van der Waals surface area contributed by atoms with E-state index in [1.807, 2.05) is 18.2 Å². The van der Waals surface area contributed by atoms with E-state index >= 15 is 0 Å². The molecule has 0 radical (unpaired) electrons. The quantitative estimate of drug-likeness (QED) is 0.730. The summed E-state index contributed by atoms with van der Waals surface area (Å²) in [5.74, 6) is 0.0181. The van der Waals surface area contributed by atoms with Crippen LogP contribution in [-0.4, -0.2) is 11.2 Å². The van der Waals surface area contributed by atoms with E-state index in [4.69, 9.17) is 4.74 Å². The molecule has 4 atom stereocenters. The normalized spacial score (nSPS) is 29.0. The van der Waals surface area contributed by atoms with Crippen molar-refractivity contribution in [3.05, 3.63) is 83.4 Å². The van der Waals surface area contributed by atoms with Crippen molar-refractivity contribution < 1.29 is 9.84 Å². The molecule has 1 saturated heterocycles. The molecule has 2 heterocycles. The summed E-state index contributed by atoms with van der Waals surface area (Å²) >= 11 is 0. The maximum Gasteiger partial charge on any atom is 0.110 e. The van der Waals surface area contributed by atoms with Gasteiger partial charge in [0.2, 0.25) is 0 Å². The van der Waals surface area contributed by atoms with E-state index < -0.39 is 6.10 Å². The molecule has 2 aliphatic heterocycles. The van der Waals surface area contributed by atoms with Gasteiger partial charge in [0.15, 0.2) is 0 Å². The van der Waals surface area contributed by atoms with Crippen LogP contribution >= 0.6 is 0 Å². The monoisotopic (exact) mass is 288 g/mol. The highest BCUT2D eigenvalue weighted by molar-refractivity contribution is 5.83. The summed E-state index contributed by atoms with van der Waals surface area (Å²) in [6.45, 7) is 0. The van der Waals surface area contributed by atoms with Gasteiger partial charge < -0.3 is 9.84 Å². The Morgan fingerprint density at radius 3 is 2.23 bits per heavy atom. The van der Waals surface area contributed by atoms with Crippen molar-refractivity contribution >= 4 is 10.8 Å². The van der Waals surface area contributed by atoms with Crippen LogP contribution in [0.2, 0.25) is 0 Å². The van der Waals surface area contributed by atoms with Crippen molar-refractivity contribution in [2.45, 2.75) is 24.2 Å². The molecule has 0 amide bonds. The van der Waals surface area contributed by atoms with Crippen molar-refractivity contribution in [1.29, 1.82) is 0 Å².